The molecule has 1 aromatic rings. The Bertz CT molecular complexity index is 795. The molecule has 5 nitrogen and oxygen atoms in total. The fourth-order valence-electron chi connectivity index (χ4n) is 6.53. The van der Waals surface area contributed by atoms with Crippen molar-refractivity contribution in [2.75, 3.05) is 11.9 Å². The number of anilines is 1. The van der Waals surface area contributed by atoms with Crippen LogP contribution in [0.1, 0.15) is 64.9 Å². The van der Waals surface area contributed by atoms with E-state index in [0.29, 0.717) is 17.5 Å². The van der Waals surface area contributed by atoms with Gasteiger partial charge < -0.3 is 5.32 Å². The van der Waals surface area contributed by atoms with E-state index in [0.717, 1.165) is 32.1 Å². The maximum Gasteiger partial charge on any atom is 0.244 e. The molecule has 1 saturated heterocycles. The molecule has 0 radical (unpaired) electrons. The van der Waals surface area contributed by atoms with Gasteiger partial charge in [-0.05, 0) is 67.1 Å². The van der Waals surface area contributed by atoms with Crippen molar-refractivity contribution in [3.8, 4) is 0 Å². The molecule has 0 aromatic heterocycles. The maximum atomic E-state index is 13.1. The Balaban J connectivity index is 0.00000106. The molecule has 162 valence electrons. The zero-order valence-electron chi connectivity index (χ0n) is 18.4. The molecule has 1 N–H and O–H groups in total. The van der Waals surface area contributed by atoms with Gasteiger partial charge in [-0.2, -0.15) is 0 Å². The highest BCUT2D eigenvalue weighted by Crippen LogP contribution is 2.73. The van der Waals surface area contributed by atoms with Crippen LogP contribution in [0.5, 0.6) is 0 Å². The van der Waals surface area contributed by atoms with E-state index in [1.54, 1.807) is 0 Å². The number of benzene rings is 1. The Kier molecular flexibility index (Phi) is 5.73. The summed E-state index contributed by atoms with van der Waals surface area (Å²) in [6, 6.07) is 7.77. The average molecular weight is 411 g/mol. The van der Waals surface area contributed by atoms with Gasteiger partial charge in [-0.25, -0.2) is 0 Å². The Morgan fingerprint density at radius 1 is 1.03 bits per heavy atom. The monoisotopic (exact) mass is 410 g/mol. The van der Waals surface area contributed by atoms with Crippen LogP contribution in [0.2, 0.25) is 0 Å². The number of imide groups is 1. The molecule has 4 unspecified atom stereocenters. The van der Waals surface area contributed by atoms with Gasteiger partial charge in [0.05, 0.1) is 11.8 Å². The number of rotatable bonds is 5. The Morgan fingerprint density at radius 3 is 2.10 bits per heavy atom. The van der Waals surface area contributed by atoms with E-state index in [1.165, 1.54) is 23.3 Å². The van der Waals surface area contributed by atoms with E-state index >= 15 is 0 Å². The highest BCUT2D eigenvalue weighted by atomic mass is 16.2. The fraction of sp³-hybridized carbons (Fsp3) is 0.640. The Morgan fingerprint density at radius 2 is 1.60 bits per heavy atom. The summed E-state index contributed by atoms with van der Waals surface area (Å²) in [6.07, 6.45) is 7.74. The van der Waals surface area contributed by atoms with Crippen molar-refractivity contribution in [3.05, 3.63) is 29.8 Å². The molecule has 1 spiro atoms. The van der Waals surface area contributed by atoms with Gasteiger partial charge in [0.1, 0.15) is 6.54 Å². The Hall–Kier alpha value is -2.17. The molecule has 2 bridgehead atoms. The van der Waals surface area contributed by atoms with E-state index in [4.69, 9.17) is 0 Å². The molecule has 4 fully saturated rings. The minimum absolute atomic E-state index is 0.0934. The van der Waals surface area contributed by atoms with Crippen LogP contribution < -0.4 is 5.32 Å². The SMILES string of the molecule is CC.CCCc1ccc(NC(=O)CN2C(=O)C3C(C2=O)C2CCCC3C23CC3)cc1. The number of amides is 3. The second-order valence-corrected chi connectivity index (χ2v) is 9.19. The molecule has 3 amide bonds. The molecule has 5 rings (SSSR count). The van der Waals surface area contributed by atoms with Crippen molar-refractivity contribution in [2.45, 2.75) is 65.7 Å². The summed E-state index contributed by atoms with van der Waals surface area (Å²) in [4.78, 5) is 39.9. The molecule has 4 atom stereocenters. The lowest BCUT2D eigenvalue weighted by molar-refractivity contribution is -0.144. The van der Waals surface area contributed by atoms with Crippen molar-refractivity contribution in [1.29, 1.82) is 0 Å². The first-order valence-electron chi connectivity index (χ1n) is 11.8. The maximum absolute atomic E-state index is 13.1. The van der Waals surface area contributed by atoms with Crippen LogP contribution in [0.25, 0.3) is 0 Å². The lowest BCUT2D eigenvalue weighted by Gasteiger charge is -2.33. The number of nitrogens with zero attached hydrogens (tertiary/aromatic N) is 1. The lowest BCUT2D eigenvalue weighted by Crippen LogP contribution is -2.41. The zero-order chi connectivity index (χ0) is 21.5. The largest absolute Gasteiger partial charge is 0.325 e. The number of nitrogens with one attached hydrogen (secondary N) is 1. The number of hydrogen-bond donors (Lipinski definition) is 1. The van der Waals surface area contributed by atoms with Crippen LogP contribution in [-0.4, -0.2) is 29.2 Å². The first-order chi connectivity index (χ1) is 14.5. The topological polar surface area (TPSA) is 66.5 Å². The first-order valence-corrected chi connectivity index (χ1v) is 11.8. The smallest absolute Gasteiger partial charge is 0.244 e. The summed E-state index contributed by atoms with van der Waals surface area (Å²) in [7, 11) is 0. The third-order valence-electron chi connectivity index (χ3n) is 7.77. The van der Waals surface area contributed by atoms with Crippen LogP contribution >= 0.6 is 0 Å². The van der Waals surface area contributed by atoms with Gasteiger partial charge in [0, 0.05) is 5.69 Å². The minimum atomic E-state index is -0.295. The van der Waals surface area contributed by atoms with Gasteiger partial charge in [-0.15, -0.1) is 0 Å². The third kappa shape index (κ3) is 3.27. The lowest BCUT2D eigenvalue weighted by atomic mass is 9.73. The van der Waals surface area contributed by atoms with E-state index in [2.05, 4.69) is 12.2 Å². The number of carbonyl (C=O) groups is 3. The second-order valence-electron chi connectivity index (χ2n) is 9.19. The summed E-state index contributed by atoms with van der Waals surface area (Å²) >= 11 is 0. The molecule has 3 aliphatic carbocycles. The molecular formula is C25H34N2O3. The number of carbonyl (C=O) groups excluding carboxylic acids is 3. The second kappa shape index (κ2) is 8.16. The summed E-state index contributed by atoms with van der Waals surface area (Å²) in [5.74, 6) is -0.0737. The van der Waals surface area contributed by atoms with Crippen molar-refractivity contribution >= 4 is 23.4 Å². The van der Waals surface area contributed by atoms with Crippen LogP contribution in [0, 0.1) is 29.1 Å². The van der Waals surface area contributed by atoms with Gasteiger partial charge >= 0.3 is 0 Å². The minimum Gasteiger partial charge on any atom is -0.325 e. The molecule has 3 saturated carbocycles. The van der Waals surface area contributed by atoms with Crippen LogP contribution in [-0.2, 0) is 20.8 Å². The number of likely N-dealkylation sites (tertiary alicyclic amines) is 1. The molecule has 1 heterocycles. The highest BCUT2D eigenvalue weighted by molar-refractivity contribution is 6.09. The van der Waals surface area contributed by atoms with Crippen molar-refractivity contribution in [2.24, 2.45) is 29.1 Å². The molecular weight excluding hydrogens is 376 g/mol. The average Bonchev–Trinajstić information content (AvgIpc) is 3.47. The Labute approximate surface area is 179 Å². The van der Waals surface area contributed by atoms with E-state index in [9.17, 15) is 14.4 Å². The van der Waals surface area contributed by atoms with E-state index in [1.807, 2.05) is 38.1 Å². The molecule has 5 heteroatoms. The third-order valence-corrected chi connectivity index (χ3v) is 7.77. The van der Waals surface area contributed by atoms with Gasteiger partial charge in [0.2, 0.25) is 17.7 Å². The van der Waals surface area contributed by atoms with Gasteiger partial charge in [0.25, 0.3) is 0 Å². The van der Waals surface area contributed by atoms with Crippen LogP contribution in [0.15, 0.2) is 24.3 Å². The summed E-state index contributed by atoms with van der Waals surface area (Å²) in [6.45, 7) is 5.97. The summed E-state index contributed by atoms with van der Waals surface area (Å²) in [5.41, 5.74) is 2.23. The molecule has 1 aromatic carbocycles. The van der Waals surface area contributed by atoms with Gasteiger partial charge in [-0.3, -0.25) is 19.3 Å². The van der Waals surface area contributed by atoms with E-state index in [-0.39, 0.29) is 41.5 Å². The standard InChI is InChI=1S/C23H28N2O3.C2H6/c1-2-4-14-7-9-15(10-8-14)24-18(26)13-25-21(27)19-16-5-3-6-17(20(19)22(25)28)23(16)11-12-23;1-2/h7-10,16-17,19-20H,2-6,11-13H2,1H3,(H,24,26);1-2H3. The summed E-state index contributed by atoms with van der Waals surface area (Å²) < 4.78 is 0. The highest BCUT2D eigenvalue weighted by Gasteiger charge is 2.72. The van der Waals surface area contributed by atoms with Crippen molar-refractivity contribution in [3.63, 3.8) is 0 Å². The quantitative estimate of drug-likeness (QED) is 0.731. The summed E-state index contributed by atoms with van der Waals surface area (Å²) in [5, 5.41) is 2.84. The first kappa shape index (κ1) is 21.1. The van der Waals surface area contributed by atoms with Crippen LogP contribution in [0.3, 0.4) is 0 Å². The molecule has 4 aliphatic rings. The fourth-order valence-corrected chi connectivity index (χ4v) is 6.53. The van der Waals surface area contributed by atoms with Crippen molar-refractivity contribution in [1.82, 2.24) is 4.90 Å². The number of aryl methyl sites for hydroxylation is 1. The normalized spacial score (nSPS) is 30.0. The molecule has 30 heavy (non-hydrogen) atoms. The van der Waals surface area contributed by atoms with E-state index < -0.39 is 0 Å². The van der Waals surface area contributed by atoms with Crippen molar-refractivity contribution < 1.29 is 14.4 Å². The van der Waals surface area contributed by atoms with Crippen LogP contribution in [0.4, 0.5) is 5.69 Å². The van der Waals surface area contributed by atoms with Gasteiger partial charge in [-0.1, -0.05) is 45.7 Å². The van der Waals surface area contributed by atoms with Gasteiger partial charge in [0.15, 0.2) is 0 Å². The number of fused-ring (bicyclic) bond motifs is 3. The zero-order valence-corrected chi connectivity index (χ0v) is 18.4. The number of hydrogen-bond acceptors (Lipinski definition) is 3. The predicted molar refractivity (Wildman–Crippen MR) is 117 cm³/mol. The molecule has 1 aliphatic heterocycles. The predicted octanol–water partition coefficient (Wildman–Crippen LogP) is 4.42.